The largest absolute Gasteiger partial charge is 0.382 e. The molecule has 3 nitrogen and oxygen atoms in total. The summed E-state index contributed by atoms with van der Waals surface area (Å²) in [4.78, 5) is 7.06. The maximum absolute atomic E-state index is 4.65. The van der Waals surface area contributed by atoms with E-state index < -0.39 is 0 Å². The average molecular weight is 296 g/mol. The fourth-order valence-electron chi connectivity index (χ4n) is 2.29. The SMILES string of the molecule is CCc1nc(CN2CCNc3ccccc32)cs1.Cl. The van der Waals surface area contributed by atoms with E-state index in [9.17, 15) is 0 Å². The summed E-state index contributed by atoms with van der Waals surface area (Å²) in [5.41, 5.74) is 3.71. The number of rotatable bonds is 3. The number of thiazole rings is 1. The summed E-state index contributed by atoms with van der Waals surface area (Å²) >= 11 is 1.77. The van der Waals surface area contributed by atoms with Crippen molar-refractivity contribution in [1.29, 1.82) is 0 Å². The Balaban J connectivity index is 0.00000133. The van der Waals surface area contributed by atoms with Crippen molar-refractivity contribution in [2.45, 2.75) is 19.9 Å². The van der Waals surface area contributed by atoms with Crippen molar-refractivity contribution < 1.29 is 0 Å². The highest BCUT2D eigenvalue weighted by molar-refractivity contribution is 7.09. The summed E-state index contributed by atoms with van der Waals surface area (Å²) in [5, 5.41) is 6.85. The van der Waals surface area contributed by atoms with E-state index in [1.165, 1.54) is 22.1 Å². The molecule has 0 amide bonds. The number of hydrogen-bond donors (Lipinski definition) is 1. The molecule has 19 heavy (non-hydrogen) atoms. The van der Waals surface area contributed by atoms with Crippen LogP contribution >= 0.6 is 23.7 Å². The molecule has 1 aromatic carbocycles. The van der Waals surface area contributed by atoms with Gasteiger partial charge in [0.25, 0.3) is 0 Å². The summed E-state index contributed by atoms with van der Waals surface area (Å²) in [7, 11) is 0. The van der Waals surface area contributed by atoms with Crippen LogP contribution in [0, 0.1) is 0 Å². The molecule has 1 aliphatic heterocycles. The Kier molecular flexibility index (Phi) is 4.66. The van der Waals surface area contributed by atoms with Crippen LogP contribution in [0.3, 0.4) is 0 Å². The third-order valence-corrected chi connectivity index (χ3v) is 4.24. The van der Waals surface area contributed by atoms with Gasteiger partial charge in [0.05, 0.1) is 28.6 Å². The van der Waals surface area contributed by atoms with E-state index in [4.69, 9.17) is 0 Å². The zero-order chi connectivity index (χ0) is 12.4. The monoisotopic (exact) mass is 295 g/mol. The Morgan fingerprint density at radius 1 is 1.37 bits per heavy atom. The van der Waals surface area contributed by atoms with Crippen molar-refractivity contribution in [2.24, 2.45) is 0 Å². The molecule has 0 aliphatic carbocycles. The molecule has 0 unspecified atom stereocenters. The Hall–Kier alpha value is -1.26. The zero-order valence-electron chi connectivity index (χ0n) is 10.9. The molecule has 3 rings (SSSR count). The Morgan fingerprint density at radius 3 is 3.00 bits per heavy atom. The van der Waals surface area contributed by atoms with Crippen molar-refractivity contribution in [2.75, 3.05) is 23.3 Å². The highest BCUT2D eigenvalue weighted by atomic mass is 35.5. The maximum atomic E-state index is 4.65. The zero-order valence-corrected chi connectivity index (χ0v) is 12.6. The van der Waals surface area contributed by atoms with Gasteiger partial charge in [-0.2, -0.15) is 0 Å². The van der Waals surface area contributed by atoms with Gasteiger partial charge in [-0.25, -0.2) is 4.98 Å². The number of benzene rings is 1. The number of halogens is 1. The quantitative estimate of drug-likeness (QED) is 0.938. The van der Waals surface area contributed by atoms with E-state index >= 15 is 0 Å². The highest BCUT2D eigenvalue weighted by Crippen LogP contribution is 2.29. The first kappa shape index (κ1) is 14.2. The lowest BCUT2D eigenvalue weighted by Gasteiger charge is -2.31. The maximum Gasteiger partial charge on any atom is 0.0926 e. The molecule has 0 radical (unpaired) electrons. The molecule has 1 aliphatic rings. The molecular formula is C14H18ClN3S. The van der Waals surface area contributed by atoms with Crippen LogP contribution in [0.5, 0.6) is 0 Å². The minimum atomic E-state index is 0. The molecule has 2 aromatic rings. The molecule has 0 saturated carbocycles. The van der Waals surface area contributed by atoms with Crippen LogP contribution in [-0.4, -0.2) is 18.1 Å². The van der Waals surface area contributed by atoms with Crippen molar-refractivity contribution in [3.63, 3.8) is 0 Å². The average Bonchev–Trinajstić information content (AvgIpc) is 2.87. The number of para-hydroxylation sites is 2. The van der Waals surface area contributed by atoms with Crippen molar-refractivity contribution in [3.05, 3.63) is 40.3 Å². The van der Waals surface area contributed by atoms with Crippen LogP contribution in [0.15, 0.2) is 29.6 Å². The number of aryl methyl sites for hydroxylation is 1. The fraction of sp³-hybridized carbons (Fsp3) is 0.357. The number of fused-ring (bicyclic) bond motifs is 1. The third kappa shape index (κ3) is 3.01. The molecule has 0 atom stereocenters. The summed E-state index contributed by atoms with van der Waals surface area (Å²) in [6, 6.07) is 8.49. The van der Waals surface area contributed by atoms with Gasteiger partial charge in [-0.05, 0) is 18.6 Å². The van der Waals surface area contributed by atoms with Gasteiger partial charge in [-0.15, -0.1) is 23.7 Å². The summed E-state index contributed by atoms with van der Waals surface area (Å²) < 4.78 is 0. The van der Waals surface area contributed by atoms with E-state index in [1.807, 2.05) is 0 Å². The second-order valence-electron chi connectivity index (χ2n) is 4.45. The number of anilines is 2. The normalized spacial score (nSPS) is 13.4. The Morgan fingerprint density at radius 2 is 2.21 bits per heavy atom. The first-order valence-corrected chi connectivity index (χ1v) is 7.26. The van der Waals surface area contributed by atoms with Gasteiger partial charge >= 0.3 is 0 Å². The summed E-state index contributed by atoms with van der Waals surface area (Å²) in [5.74, 6) is 0. The lowest BCUT2D eigenvalue weighted by molar-refractivity contribution is 0.772. The second kappa shape index (κ2) is 6.26. The van der Waals surface area contributed by atoms with E-state index in [-0.39, 0.29) is 12.4 Å². The van der Waals surface area contributed by atoms with E-state index in [0.717, 1.165) is 26.1 Å². The van der Waals surface area contributed by atoms with Gasteiger partial charge in [0.1, 0.15) is 0 Å². The second-order valence-corrected chi connectivity index (χ2v) is 5.39. The Bertz CT molecular complexity index is 541. The molecule has 0 fully saturated rings. The standard InChI is InChI=1S/C14H17N3S.ClH/c1-2-14-16-11(10-18-14)9-17-8-7-15-12-5-3-4-6-13(12)17;/h3-6,10,15H,2,7-9H2,1H3;1H. The van der Waals surface area contributed by atoms with Crippen LogP contribution in [0.4, 0.5) is 11.4 Å². The van der Waals surface area contributed by atoms with Crippen LogP contribution in [0.1, 0.15) is 17.6 Å². The van der Waals surface area contributed by atoms with Crippen LogP contribution in [-0.2, 0) is 13.0 Å². The number of nitrogens with zero attached hydrogens (tertiary/aromatic N) is 2. The van der Waals surface area contributed by atoms with E-state index in [1.54, 1.807) is 11.3 Å². The first-order valence-electron chi connectivity index (χ1n) is 6.38. The number of hydrogen-bond acceptors (Lipinski definition) is 4. The lowest BCUT2D eigenvalue weighted by atomic mass is 10.2. The van der Waals surface area contributed by atoms with Gasteiger partial charge in [0.15, 0.2) is 0 Å². The topological polar surface area (TPSA) is 28.2 Å². The molecule has 0 saturated heterocycles. The smallest absolute Gasteiger partial charge is 0.0926 e. The predicted octanol–water partition coefficient (Wildman–Crippen LogP) is 3.56. The number of aromatic nitrogens is 1. The molecule has 0 bridgehead atoms. The van der Waals surface area contributed by atoms with Crippen molar-refractivity contribution in [3.8, 4) is 0 Å². The van der Waals surface area contributed by atoms with E-state index in [0.29, 0.717) is 0 Å². The first-order chi connectivity index (χ1) is 8.86. The molecule has 0 spiro atoms. The van der Waals surface area contributed by atoms with Crippen LogP contribution < -0.4 is 10.2 Å². The molecule has 2 heterocycles. The van der Waals surface area contributed by atoms with Crippen LogP contribution in [0.2, 0.25) is 0 Å². The highest BCUT2D eigenvalue weighted by Gasteiger charge is 2.16. The third-order valence-electron chi connectivity index (χ3n) is 3.20. The minimum Gasteiger partial charge on any atom is -0.382 e. The molecule has 1 N–H and O–H groups in total. The lowest BCUT2D eigenvalue weighted by Crippen LogP contribution is -2.33. The van der Waals surface area contributed by atoms with Gasteiger partial charge in [0, 0.05) is 18.5 Å². The van der Waals surface area contributed by atoms with Gasteiger partial charge in [0.2, 0.25) is 0 Å². The molecular weight excluding hydrogens is 278 g/mol. The summed E-state index contributed by atoms with van der Waals surface area (Å²) in [6.45, 7) is 5.11. The number of nitrogens with one attached hydrogen (secondary N) is 1. The molecule has 1 aromatic heterocycles. The summed E-state index contributed by atoms with van der Waals surface area (Å²) in [6.07, 6.45) is 1.03. The van der Waals surface area contributed by atoms with Crippen molar-refractivity contribution >= 4 is 35.1 Å². The van der Waals surface area contributed by atoms with Gasteiger partial charge < -0.3 is 10.2 Å². The Labute approximate surface area is 124 Å². The van der Waals surface area contributed by atoms with Crippen molar-refractivity contribution in [1.82, 2.24) is 4.98 Å². The predicted molar refractivity (Wildman–Crippen MR) is 84.7 cm³/mol. The fourth-order valence-corrected chi connectivity index (χ4v) is 3.02. The van der Waals surface area contributed by atoms with Gasteiger partial charge in [-0.1, -0.05) is 19.1 Å². The molecule has 5 heteroatoms. The molecule has 102 valence electrons. The van der Waals surface area contributed by atoms with E-state index in [2.05, 4.69) is 51.8 Å². The van der Waals surface area contributed by atoms with Gasteiger partial charge in [-0.3, -0.25) is 0 Å². The minimum absolute atomic E-state index is 0. The van der Waals surface area contributed by atoms with Crippen LogP contribution in [0.25, 0.3) is 0 Å².